The molecule has 1 aromatic carbocycles. The van der Waals surface area contributed by atoms with Gasteiger partial charge in [0.1, 0.15) is 18.1 Å². The average Bonchev–Trinajstić information content (AvgIpc) is 3.31. The molecule has 11 heteroatoms. The van der Waals surface area contributed by atoms with Gasteiger partial charge in [0, 0.05) is 12.8 Å². The summed E-state index contributed by atoms with van der Waals surface area (Å²) < 4.78 is 0. The zero-order valence-electron chi connectivity index (χ0n) is 18.5. The van der Waals surface area contributed by atoms with E-state index in [2.05, 4.69) is 21.3 Å². The van der Waals surface area contributed by atoms with Crippen molar-refractivity contribution in [1.82, 2.24) is 21.3 Å². The summed E-state index contributed by atoms with van der Waals surface area (Å²) in [4.78, 5) is 60.2. The number of rotatable bonds is 12. The Hall–Kier alpha value is -3.47. The number of hydrogen-bond donors (Lipinski definition) is 6. The highest BCUT2D eigenvalue weighted by atomic mass is 16.4. The van der Waals surface area contributed by atoms with Crippen LogP contribution in [0.15, 0.2) is 30.3 Å². The number of carbonyl (C=O) groups is 5. The summed E-state index contributed by atoms with van der Waals surface area (Å²) in [7, 11) is 0. The highest BCUT2D eigenvalue weighted by molar-refractivity contribution is 5.94. The van der Waals surface area contributed by atoms with Gasteiger partial charge in [0.05, 0.1) is 6.04 Å². The van der Waals surface area contributed by atoms with Gasteiger partial charge in [0.2, 0.25) is 23.6 Å². The molecule has 0 saturated carbocycles. The Morgan fingerprint density at radius 2 is 1.76 bits per heavy atom. The molecule has 4 amide bonds. The molecule has 7 N–H and O–H groups in total. The molecule has 0 bridgehead atoms. The first-order valence-electron chi connectivity index (χ1n) is 10.9. The summed E-state index contributed by atoms with van der Waals surface area (Å²) in [5, 5.41) is 19.9. The molecular formula is C22H31N5O6. The van der Waals surface area contributed by atoms with Gasteiger partial charge in [-0.15, -0.1) is 0 Å². The highest BCUT2D eigenvalue weighted by Crippen LogP contribution is 2.08. The predicted molar refractivity (Wildman–Crippen MR) is 119 cm³/mol. The highest BCUT2D eigenvalue weighted by Gasteiger charge is 2.30. The number of carboxylic acid groups (broad SMARTS) is 1. The van der Waals surface area contributed by atoms with Crippen LogP contribution in [0.4, 0.5) is 0 Å². The summed E-state index contributed by atoms with van der Waals surface area (Å²) >= 11 is 0. The van der Waals surface area contributed by atoms with Gasteiger partial charge in [-0.3, -0.25) is 19.2 Å². The minimum Gasteiger partial charge on any atom is -0.480 e. The fourth-order valence-electron chi connectivity index (χ4n) is 3.46. The van der Waals surface area contributed by atoms with Crippen LogP contribution >= 0.6 is 0 Å². The number of hydrogen-bond acceptors (Lipinski definition) is 6. The maximum Gasteiger partial charge on any atom is 0.326 e. The van der Waals surface area contributed by atoms with E-state index in [0.29, 0.717) is 6.42 Å². The maximum absolute atomic E-state index is 12.9. The van der Waals surface area contributed by atoms with E-state index >= 15 is 0 Å². The number of nitrogens with two attached hydrogens (primary N) is 1. The largest absolute Gasteiger partial charge is 0.480 e. The van der Waals surface area contributed by atoms with Crippen LogP contribution < -0.4 is 27.0 Å². The fraction of sp³-hybridized carbons (Fsp3) is 0.500. The van der Waals surface area contributed by atoms with Crippen molar-refractivity contribution in [3.63, 3.8) is 0 Å². The lowest BCUT2D eigenvalue weighted by Gasteiger charge is -2.23. The van der Waals surface area contributed by atoms with E-state index < -0.39 is 41.8 Å². The van der Waals surface area contributed by atoms with Crippen LogP contribution in [0.3, 0.4) is 0 Å². The van der Waals surface area contributed by atoms with Crippen LogP contribution in [-0.2, 0) is 30.4 Å². The Bertz CT molecular complexity index is 856. The Morgan fingerprint density at radius 1 is 1.06 bits per heavy atom. The van der Waals surface area contributed by atoms with Gasteiger partial charge in [-0.25, -0.2) is 4.79 Å². The van der Waals surface area contributed by atoms with Gasteiger partial charge in [0.25, 0.3) is 0 Å². The molecule has 0 spiro atoms. The zero-order valence-corrected chi connectivity index (χ0v) is 18.5. The zero-order chi connectivity index (χ0) is 24.4. The minimum absolute atomic E-state index is 0.169. The number of benzene rings is 1. The van der Waals surface area contributed by atoms with Crippen LogP contribution in [0.2, 0.25) is 0 Å². The van der Waals surface area contributed by atoms with Gasteiger partial charge in [-0.2, -0.15) is 0 Å². The minimum atomic E-state index is -1.32. The molecule has 4 unspecified atom stereocenters. The van der Waals surface area contributed by atoms with Gasteiger partial charge < -0.3 is 32.1 Å². The van der Waals surface area contributed by atoms with Crippen molar-refractivity contribution in [3.05, 3.63) is 35.9 Å². The maximum atomic E-state index is 12.9. The second kappa shape index (κ2) is 12.5. The molecule has 1 heterocycles. The predicted octanol–water partition coefficient (Wildman–Crippen LogP) is -1.19. The molecule has 1 aliphatic rings. The first-order chi connectivity index (χ1) is 15.7. The Labute approximate surface area is 191 Å². The molecule has 4 atom stereocenters. The van der Waals surface area contributed by atoms with E-state index in [1.54, 1.807) is 0 Å². The monoisotopic (exact) mass is 461 g/mol. The number of primary amides is 1. The van der Waals surface area contributed by atoms with E-state index in [4.69, 9.17) is 5.73 Å². The Morgan fingerprint density at radius 3 is 2.33 bits per heavy atom. The Balaban J connectivity index is 2.02. The number of carboxylic acids is 1. The summed E-state index contributed by atoms with van der Waals surface area (Å²) in [5.41, 5.74) is 5.86. The second-order valence-electron chi connectivity index (χ2n) is 8.03. The van der Waals surface area contributed by atoms with Crippen molar-refractivity contribution in [2.75, 3.05) is 6.54 Å². The smallest absolute Gasteiger partial charge is 0.326 e. The van der Waals surface area contributed by atoms with Crippen molar-refractivity contribution in [1.29, 1.82) is 0 Å². The van der Waals surface area contributed by atoms with Gasteiger partial charge in [-0.05, 0) is 38.3 Å². The molecular weight excluding hydrogens is 430 g/mol. The molecule has 11 nitrogen and oxygen atoms in total. The molecule has 1 aromatic rings. The van der Waals surface area contributed by atoms with Crippen LogP contribution in [0.1, 0.15) is 38.2 Å². The molecule has 1 fully saturated rings. The van der Waals surface area contributed by atoms with Crippen LogP contribution in [-0.4, -0.2) is 65.4 Å². The number of amides is 4. The van der Waals surface area contributed by atoms with E-state index in [9.17, 15) is 29.1 Å². The van der Waals surface area contributed by atoms with Gasteiger partial charge in [-0.1, -0.05) is 30.3 Å². The third kappa shape index (κ3) is 8.53. The van der Waals surface area contributed by atoms with E-state index in [1.165, 1.54) is 6.92 Å². The molecule has 1 saturated heterocycles. The first-order valence-corrected chi connectivity index (χ1v) is 10.9. The molecule has 0 radical (unpaired) electrons. The van der Waals surface area contributed by atoms with Gasteiger partial charge in [0.15, 0.2) is 0 Å². The quantitative estimate of drug-likeness (QED) is 0.226. The summed E-state index contributed by atoms with van der Waals surface area (Å²) in [6.45, 7) is 2.13. The molecule has 33 heavy (non-hydrogen) atoms. The normalized spacial score (nSPS) is 17.9. The third-order valence-electron chi connectivity index (χ3n) is 5.34. The second-order valence-corrected chi connectivity index (χ2v) is 8.03. The summed E-state index contributed by atoms with van der Waals surface area (Å²) in [5.74, 6) is -3.60. The fourth-order valence-corrected chi connectivity index (χ4v) is 3.46. The number of nitrogens with one attached hydrogen (secondary N) is 4. The summed E-state index contributed by atoms with van der Waals surface area (Å²) in [6, 6.07) is 5.42. The van der Waals surface area contributed by atoms with Gasteiger partial charge >= 0.3 is 5.97 Å². The van der Waals surface area contributed by atoms with Crippen molar-refractivity contribution in [2.45, 2.75) is 63.2 Å². The van der Waals surface area contributed by atoms with Crippen LogP contribution in [0.5, 0.6) is 0 Å². The third-order valence-corrected chi connectivity index (χ3v) is 5.34. The molecule has 0 aliphatic carbocycles. The first kappa shape index (κ1) is 25.8. The standard InChI is InChI=1S/C22H31N5O6/c1-13(19(29)26-16(22(32)33)9-10-18(23)28)25-21(31)17(12-14-6-3-2-4-7-14)27-20(30)15-8-5-11-24-15/h2-4,6-7,13,15-17,24H,5,8-12H2,1H3,(H2,23,28)(H,25,31)(H,26,29)(H,27,30)(H,32,33). The molecule has 180 valence electrons. The molecule has 0 aromatic heterocycles. The van der Waals surface area contributed by atoms with Crippen molar-refractivity contribution >= 4 is 29.6 Å². The van der Waals surface area contributed by atoms with E-state index in [-0.39, 0.29) is 31.2 Å². The van der Waals surface area contributed by atoms with E-state index in [1.807, 2.05) is 30.3 Å². The summed E-state index contributed by atoms with van der Waals surface area (Å²) in [6.07, 6.45) is 1.38. The lowest BCUT2D eigenvalue weighted by Crippen LogP contribution is -2.56. The molecule has 2 rings (SSSR count). The van der Waals surface area contributed by atoms with Crippen molar-refractivity contribution < 1.29 is 29.1 Å². The van der Waals surface area contributed by atoms with Crippen molar-refractivity contribution in [3.8, 4) is 0 Å². The number of carbonyl (C=O) groups excluding carboxylic acids is 4. The van der Waals surface area contributed by atoms with Crippen molar-refractivity contribution in [2.24, 2.45) is 5.73 Å². The number of aliphatic carboxylic acids is 1. The Kier molecular flexibility index (Phi) is 9.80. The van der Waals surface area contributed by atoms with Crippen LogP contribution in [0.25, 0.3) is 0 Å². The molecule has 1 aliphatic heterocycles. The van der Waals surface area contributed by atoms with E-state index in [0.717, 1.165) is 18.5 Å². The lowest BCUT2D eigenvalue weighted by molar-refractivity contribution is -0.142. The lowest BCUT2D eigenvalue weighted by atomic mass is 10.0. The topological polar surface area (TPSA) is 180 Å². The SMILES string of the molecule is CC(NC(=O)C(Cc1ccccc1)NC(=O)C1CCCN1)C(=O)NC(CCC(N)=O)C(=O)O. The van der Waals surface area contributed by atoms with Crippen LogP contribution in [0, 0.1) is 0 Å². The average molecular weight is 462 g/mol.